The van der Waals surface area contributed by atoms with Crippen LogP contribution in [0.4, 0.5) is 0 Å². The second-order valence-corrected chi connectivity index (χ2v) is 7.69. The number of hydrogen-bond acceptors (Lipinski definition) is 3. The van der Waals surface area contributed by atoms with E-state index in [9.17, 15) is 9.59 Å². The first-order chi connectivity index (χ1) is 14.4. The van der Waals surface area contributed by atoms with E-state index in [0.717, 1.165) is 16.7 Å². The first kappa shape index (κ1) is 19.9. The van der Waals surface area contributed by atoms with Gasteiger partial charge < -0.3 is 9.14 Å². The highest BCUT2D eigenvalue weighted by molar-refractivity contribution is 6.30. The molecule has 0 saturated carbocycles. The highest BCUT2D eigenvalue weighted by Gasteiger charge is 2.22. The Labute approximate surface area is 179 Å². The highest BCUT2D eigenvalue weighted by Crippen LogP contribution is 2.23. The van der Waals surface area contributed by atoms with Gasteiger partial charge in [0.2, 0.25) is 5.78 Å². The van der Waals surface area contributed by atoms with E-state index in [1.807, 2.05) is 50.2 Å². The lowest BCUT2D eigenvalue weighted by Gasteiger charge is -2.06. The molecule has 0 aliphatic heterocycles. The van der Waals surface area contributed by atoms with E-state index in [2.05, 4.69) is 0 Å². The zero-order valence-electron chi connectivity index (χ0n) is 16.7. The molecule has 0 unspecified atom stereocenters. The van der Waals surface area contributed by atoms with Crippen molar-refractivity contribution in [2.24, 2.45) is 0 Å². The number of fused-ring (bicyclic) bond motifs is 1. The summed E-state index contributed by atoms with van der Waals surface area (Å²) in [5.74, 6) is -0.624. The third kappa shape index (κ3) is 3.87. The van der Waals surface area contributed by atoms with Crippen LogP contribution >= 0.6 is 11.6 Å². The number of carbonyl (C=O) groups excluding carboxylic acids is 2. The molecule has 0 spiro atoms. The van der Waals surface area contributed by atoms with Crippen LogP contribution in [0.15, 0.2) is 72.9 Å². The van der Waals surface area contributed by atoms with Crippen molar-refractivity contribution in [1.82, 2.24) is 4.40 Å². The van der Waals surface area contributed by atoms with Crippen molar-refractivity contribution in [2.75, 3.05) is 0 Å². The number of ketones is 1. The molecule has 0 aliphatic carbocycles. The molecule has 4 aromatic rings. The third-order valence-corrected chi connectivity index (χ3v) is 5.25. The summed E-state index contributed by atoms with van der Waals surface area (Å²) < 4.78 is 7.23. The summed E-state index contributed by atoms with van der Waals surface area (Å²) in [6.07, 6.45) is 1.78. The molecule has 30 heavy (non-hydrogen) atoms. The van der Waals surface area contributed by atoms with Gasteiger partial charge in [-0.2, -0.15) is 0 Å². The van der Waals surface area contributed by atoms with Gasteiger partial charge in [-0.3, -0.25) is 4.79 Å². The SMILES string of the molecule is Cc1ccc(C(=O)c2cc(C(=O)OCc3cccc(Cl)c3)c3ccccn23)c(C)c1. The van der Waals surface area contributed by atoms with Crippen LogP contribution in [-0.2, 0) is 11.3 Å². The summed E-state index contributed by atoms with van der Waals surface area (Å²) in [5, 5.41) is 0.583. The summed E-state index contributed by atoms with van der Waals surface area (Å²) in [6, 6.07) is 19.9. The van der Waals surface area contributed by atoms with E-state index < -0.39 is 5.97 Å². The average Bonchev–Trinajstić information content (AvgIpc) is 3.11. The van der Waals surface area contributed by atoms with Crippen LogP contribution in [0.3, 0.4) is 0 Å². The van der Waals surface area contributed by atoms with Crippen LogP contribution in [0.2, 0.25) is 5.02 Å². The normalized spacial score (nSPS) is 10.9. The van der Waals surface area contributed by atoms with Gasteiger partial charge in [0.15, 0.2) is 0 Å². The fourth-order valence-corrected chi connectivity index (χ4v) is 3.76. The van der Waals surface area contributed by atoms with Gasteiger partial charge in [-0.05, 0) is 55.3 Å². The number of esters is 1. The quantitative estimate of drug-likeness (QED) is 0.304. The van der Waals surface area contributed by atoms with Crippen LogP contribution in [0, 0.1) is 13.8 Å². The lowest BCUT2D eigenvalue weighted by molar-refractivity contribution is 0.0475. The monoisotopic (exact) mass is 417 g/mol. The maximum absolute atomic E-state index is 13.3. The lowest BCUT2D eigenvalue weighted by Crippen LogP contribution is -2.07. The molecule has 0 radical (unpaired) electrons. The van der Waals surface area contributed by atoms with Crippen molar-refractivity contribution in [3.05, 3.63) is 111 Å². The van der Waals surface area contributed by atoms with Crippen LogP contribution < -0.4 is 0 Å². The Kier molecular flexibility index (Phi) is 5.42. The van der Waals surface area contributed by atoms with E-state index in [-0.39, 0.29) is 12.4 Å². The number of carbonyl (C=O) groups is 2. The van der Waals surface area contributed by atoms with Crippen LogP contribution in [0.5, 0.6) is 0 Å². The Morgan fingerprint density at radius 2 is 1.77 bits per heavy atom. The second-order valence-electron chi connectivity index (χ2n) is 7.25. The van der Waals surface area contributed by atoms with Gasteiger partial charge in [-0.25, -0.2) is 4.79 Å². The topological polar surface area (TPSA) is 47.8 Å². The molecule has 0 aliphatic rings. The first-order valence-corrected chi connectivity index (χ1v) is 9.95. The summed E-state index contributed by atoms with van der Waals surface area (Å²) in [6.45, 7) is 4.00. The largest absolute Gasteiger partial charge is 0.457 e. The predicted molar refractivity (Wildman–Crippen MR) is 117 cm³/mol. The molecule has 2 aromatic carbocycles. The minimum Gasteiger partial charge on any atom is -0.457 e. The molecule has 0 N–H and O–H groups in total. The molecule has 5 heteroatoms. The number of aromatic nitrogens is 1. The molecule has 150 valence electrons. The Morgan fingerprint density at radius 3 is 2.53 bits per heavy atom. The van der Waals surface area contributed by atoms with Crippen molar-refractivity contribution in [3.8, 4) is 0 Å². The maximum atomic E-state index is 13.3. The fourth-order valence-electron chi connectivity index (χ4n) is 3.55. The highest BCUT2D eigenvalue weighted by atomic mass is 35.5. The Morgan fingerprint density at radius 1 is 0.933 bits per heavy atom. The van der Waals surface area contributed by atoms with E-state index in [1.54, 1.807) is 40.9 Å². The summed E-state index contributed by atoms with van der Waals surface area (Å²) >= 11 is 5.99. The molecule has 0 saturated heterocycles. The van der Waals surface area contributed by atoms with Crippen molar-refractivity contribution in [1.29, 1.82) is 0 Å². The standard InChI is InChI=1S/C25H20ClNO3/c1-16-9-10-20(17(2)12-16)24(28)23-14-21(22-8-3-4-11-27(22)23)25(29)30-15-18-6-5-7-19(26)13-18/h3-14H,15H2,1-2H3. The van der Waals surface area contributed by atoms with Gasteiger partial charge in [-0.1, -0.05) is 53.6 Å². The van der Waals surface area contributed by atoms with Crippen LogP contribution in [-0.4, -0.2) is 16.2 Å². The Hall–Kier alpha value is -3.37. The van der Waals surface area contributed by atoms with E-state index in [4.69, 9.17) is 16.3 Å². The number of hydrogen-bond donors (Lipinski definition) is 0. The number of benzene rings is 2. The van der Waals surface area contributed by atoms with E-state index in [0.29, 0.717) is 27.4 Å². The molecule has 0 atom stereocenters. The molecule has 4 nitrogen and oxygen atoms in total. The molecule has 2 heterocycles. The zero-order chi connectivity index (χ0) is 21.3. The predicted octanol–water partition coefficient (Wildman–Crippen LogP) is 5.80. The molecule has 2 aromatic heterocycles. The van der Waals surface area contributed by atoms with E-state index in [1.165, 1.54) is 0 Å². The van der Waals surface area contributed by atoms with E-state index >= 15 is 0 Å². The Balaban J connectivity index is 1.68. The number of aryl methyl sites for hydroxylation is 2. The van der Waals surface area contributed by atoms with Gasteiger partial charge in [0.25, 0.3) is 0 Å². The van der Waals surface area contributed by atoms with Crippen molar-refractivity contribution >= 4 is 28.9 Å². The van der Waals surface area contributed by atoms with Crippen LogP contribution in [0.1, 0.15) is 43.1 Å². The number of halogens is 1. The smallest absolute Gasteiger partial charge is 0.340 e. The van der Waals surface area contributed by atoms with Gasteiger partial charge in [0, 0.05) is 16.8 Å². The van der Waals surface area contributed by atoms with Crippen molar-refractivity contribution in [3.63, 3.8) is 0 Å². The third-order valence-electron chi connectivity index (χ3n) is 5.01. The number of nitrogens with zero attached hydrogens (tertiary/aromatic N) is 1. The van der Waals surface area contributed by atoms with Crippen LogP contribution in [0.25, 0.3) is 5.52 Å². The average molecular weight is 418 g/mol. The molecule has 0 bridgehead atoms. The lowest BCUT2D eigenvalue weighted by atomic mass is 10.0. The van der Waals surface area contributed by atoms with Gasteiger partial charge in [-0.15, -0.1) is 0 Å². The summed E-state index contributed by atoms with van der Waals surface area (Å²) in [7, 11) is 0. The minimum absolute atomic E-state index is 0.101. The zero-order valence-corrected chi connectivity index (χ0v) is 17.4. The van der Waals surface area contributed by atoms with Gasteiger partial charge in [0.1, 0.15) is 6.61 Å². The van der Waals surface area contributed by atoms with Gasteiger partial charge >= 0.3 is 5.97 Å². The van der Waals surface area contributed by atoms with Crippen molar-refractivity contribution in [2.45, 2.75) is 20.5 Å². The number of ether oxygens (including phenoxy) is 1. The summed E-state index contributed by atoms with van der Waals surface area (Å²) in [4.78, 5) is 26.1. The fraction of sp³-hybridized carbons (Fsp3) is 0.120. The number of pyridine rings is 1. The number of rotatable bonds is 5. The maximum Gasteiger partial charge on any atom is 0.340 e. The molecule has 4 rings (SSSR count). The summed E-state index contributed by atoms with van der Waals surface area (Å²) in [5.41, 5.74) is 4.80. The van der Waals surface area contributed by atoms with Gasteiger partial charge in [0.05, 0.1) is 16.8 Å². The minimum atomic E-state index is -0.488. The molecule has 0 fully saturated rings. The molecule has 0 amide bonds. The molecular formula is C25H20ClNO3. The first-order valence-electron chi connectivity index (χ1n) is 9.57. The molecular weight excluding hydrogens is 398 g/mol. The van der Waals surface area contributed by atoms with Crippen molar-refractivity contribution < 1.29 is 14.3 Å². The Bertz CT molecular complexity index is 1270. The second kappa shape index (κ2) is 8.17.